The predicted molar refractivity (Wildman–Crippen MR) is 69.4 cm³/mol. The molecule has 0 atom stereocenters. The molecule has 1 aliphatic rings. The Hall–Kier alpha value is -0.500. The standard InChI is InChI=1S/C14H27NO/c1-4-16-11-5-10-15-14-8-6-13(7-9-14)12(2)3/h4,12-15H,1,5-11H2,2-3H3. The van der Waals surface area contributed by atoms with Crippen LogP contribution in [0.3, 0.4) is 0 Å². The first-order chi connectivity index (χ1) is 7.74. The fourth-order valence-electron chi connectivity index (χ4n) is 2.54. The van der Waals surface area contributed by atoms with Crippen LogP contribution in [0.1, 0.15) is 46.0 Å². The molecule has 0 aliphatic heterocycles. The Morgan fingerprint density at radius 1 is 1.31 bits per heavy atom. The van der Waals surface area contributed by atoms with Gasteiger partial charge in [0.1, 0.15) is 0 Å². The summed E-state index contributed by atoms with van der Waals surface area (Å²) in [5, 5.41) is 3.63. The van der Waals surface area contributed by atoms with Crippen molar-refractivity contribution in [3.63, 3.8) is 0 Å². The van der Waals surface area contributed by atoms with Crippen LogP contribution in [0.4, 0.5) is 0 Å². The summed E-state index contributed by atoms with van der Waals surface area (Å²) in [5.74, 6) is 1.82. The fraction of sp³-hybridized carbons (Fsp3) is 0.857. The van der Waals surface area contributed by atoms with E-state index in [0.29, 0.717) is 0 Å². The average Bonchev–Trinajstić information content (AvgIpc) is 2.29. The maximum Gasteiger partial charge on any atom is 0.0885 e. The summed E-state index contributed by atoms with van der Waals surface area (Å²) < 4.78 is 5.10. The van der Waals surface area contributed by atoms with E-state index in [4.69, 9.17) is 4.74 Å². The molecular weight excluding hydrogens is 198 g/mol. The molecule has 1 rings (SSSR count). The molecule has 2 nitrogen and oxygen atoms in total. The maximum atomic E-state index is 5.10. The lowest BCUT2D eigenvalue weighted by atomic mass is 9.80. The Labute approximate surface area is 100 Å². The highest BCUT2D eigenvalue weighted by molar-refractivity contribution is 4.78. The zero-order valence-electron chi connectivity index (χ0n) is 10.9. The van der Waals surface area contributed by atoms with Crippen LogP contribution in [-0.2, 0) is 4.74 Å². The first-order valence-corrected chi connectivity index (χ1v) is 6.70. The average molecular weight is 225 g/mol. The number of rotatable bonds is 7. The van der Waals surface area contributed by atoms with Gasteiger partial charge in [-0.3, -0.25) is 0 Å². The van der Waals surface area contributed by atoms with E-state index in [1.165, 1.54) is 31.9 Å². The summed E-state index contributed by atoms with van der Waals surface area (Å²) in [6, 6.07) is 0.749. The lowest BCUT2D eigenvalue weighted by molar-refractivity contribution is 0.222. The third-order valence-electron chi connectivity index (χ3n) is 3.70. The molecule has 0 aromatic heterocycles. The number of nitrogens with one attached hydrogen (secondary N) is 1. The first kappa shape index (κ1) is 13.6. The van der Waals surface area contributed by atoms with Gasteiger partial charge >= 0.3 is 0 Å². The minimum absolute atomic E-state index is 0.749. The van der Waals surface area contributed by atoms with Gasteiger partial charge in [-0.25, -0.2) is 0 Å². The molecule has 2 heteroatoms. The summed E-state index contributed by atoms with van der Waals surface area (Å²) >= 11 is 0. The topological polar surface area (TPSA) is 21.3 Å². The molecule has 0 amide bonds. The van der Waals surface area contributed by atoms with Gasteiger partial charge < -0.3 is 10.1 Å². The minimum atomic E-state index is 0.749. The molecule has 0 saturated heterocycles. The van der Waals surface area contributed by atoms with Gasteiger partial charge in [0.2, 0.25) is 0 Å². The van der Waals surface area contributed by atoms with Crippen LogP contribution in [0, 0.1) is 11.8 Å². The van der Waals surface area contributed by atoms with Crippen molar-refractivity contribution >= 4 is 0 Å². The van der Waals surface area contributed by atoms with E-state index in [1.54, 1.807) is 0 Å². The number of hydrogen-bond acceptors (Lipinski definition) is 2. The lowest BCUT2D eigenvalue weighted by Gasteiger charge is -2.31. The molecule has 0 bridgehead atoms. The van der Waals surface area contributed by atoms with Gasteiger partial charge in [0.15, 0.2) is 0 Å². The lowest BCUT2D eigenvalue weighted by Crippen LogP contribution is -2.35. The van der Waals surface area contributed by atoms with Crippen LogP contribution in [0.5, 0.6) is 0 Å². The van der Waals surface area contributed by atoms with E-state index in [-0.39, 0.29) is 0 Å². The molecule has 1 fully saturated rings. The molecular formula is C14H27NO. The van der Waals surface area contributed by atoms with Crippen molar-refractivity contribution in [2.75, 3.05) is 13.2 Å². The molecule has 0 unspecified atom stereocenters. The SMILES string of the molecule is C=COCCCNC1CCC(C(C)C)CC1. The highest BCUT2D eigenvalue weighted by Gasteiger charge is 2.22. The fourth-order valence-corrected chi connectivity index (χ4v) is 2.54. The summed E-state index contributed by atoms with van der Waals surface area (Å²) in [4.78, 5) is 0. The molecule has 0 aromatic carbocycles. The third kappa shape index (κ3) is 5.02. The smallest absolute Gasteiger partial charge is 0.0885 e. The van der Waals surface area contributed by atoms with E-state index >= 15 is 0 Å². The minimum Gasteiger partial charge on any atom is -0.502 e. The predicted octanol–water partition coefficient (Wildman–Crippen LogP) is 3.34. The second-order valence-corrected chi connectivity index (χ2v) is 5.20. The van der Waals surface area contributed by atoms with Gasteiger partial charge in [0.05, 0.1) is 12.9 Å². The Morgan fingerprint density at radius 2 is 2.00 bits per heavy atom. The number of hydrogen-bond donors (Lipinski definition) is 1. The van der Waals surface area contributed by atoms with E-state index in [9.17, 15) is 0 Å². The van der Waals surface area contributed by atoms with Crippen LogP contribution < -0.4 is 5.32 Å². The van der Waals surface area contributed by atoms with E-state index < -0.39 is 0 Å². The molecule has 0 radical (unpaired) electrons. The normalized spacial score (nSPS) is 25.7. The van der Waals surface area contributed by atoms with Crippen LogP contribution in [0.2, 0.25) is 0 Å². The van der Waals surface area contributed by atoms with Crippen molar-refractivity contribution in [3.05, 3.63) is 12.8 Å². The van der Waals surface area contributed by atoms with Crippen molar-refractivity contribution in [1.82, 2.24) is 5.32 Å². The van der Waals surface area contributed by atoms with Gasteiger partial charge in [-0.15, -0.1) is 0 Å². The van der Waals surface area contributed by atoms with E-state index in [0.717, 1.165) is 37.5 Å². The van der Waals surface area contributed by atoms with Gasteiger partial charge in [-0.1, -0.05) is 20.4 Å². The van der Waals surface area contributed by atoms with Crippen LogP contribution in [-0.4, -0.2) is 19.2 Å². The van der Waals surface area contributed by atoms with Crippen LogP contribution >= 0.6 is 0 Å². The van der Waals surface area contributed by atoms with Gasteiger partial charge in [0.25, 0.3) is 0 Å². The molecule has 1 saturated carbocycles. The quantitative estimate of drug-likeness (QED) is 0.530. The van der Waals surface area contributed by atoms with Crippen molar-refractivity contribution in [2.24, 2.45) is 11.8 Å². The van der Waals surface area contributed by atoms with Crippen molar-refractivity contribution < 1.29 is 4.74 Å². The molecule has 0 heterocycles. The molecule has 0 aromatic rings. The Kier molecular flexibility index (Phi) is 6.55. The van der Waals surface area contributed by atoms with Crippen molar-refractivity contribution in [3.8, 4) is 0 Å². The van der Waals surface area contributed by atoms with Crippen LogP contribution in [0.25, 0.3) is 0 Å². The summed E-state index contributed by atoms with van der Waals surface area (Å²) in [5.41, 5.74) is 0. The Balaban J connectivity index is 2.01. The zero-order chi connectivity index (χ0) is 11.8. The van der Waals surface area contributed by atoms with E-state index in [1.807, 2.05) is 0 Å². The second kappa shape index (κ2) is 7.72. The Bertz CT molecular complexity index is 183. The highest BCUT2D eigenvalue weighted by atomic mass is 16.5. The zero-order valence-corrected chi connectivity index (χ0v) is 10.9. The van der Waals surface area contributed by atoms with E-state index in [2.05, 4.69) is 25.7 Å². The highest BCUT2D eigenvalue weighted by Crippen LogP contribution is 2.29. The third-order valence-corrected chi connectivity index (χ3v) is 3.70. The second-order valence-electron chi connectivity index (χ2n) is 5.20. The van der Waals surface area contributed by atoms with Gasteiger partial charge in [-0.05, 0) is 50.5 Å². The van der Waals surface area contributed by atoms with Crippen molar-refractivity contribution in [2.45, 2.75) is 52.0 Å². The summed E-state index contributed by atoms with van der Waals surface area (Å²) in [6.07, 6.45) is 8.11. The summed E-state index contributed by atoms with van der Waals surface area (Å²) in [6.45, 7) is 10.1. The van der Waals surface area contributed by atoms with Gasteiger partial charge in [-0.2, -0.15) is 0 Å². The molecule has 94 valence electrons. The monoisotopic (exact) mass is 225 g/mol. The first-order valence-electron chi connectivity index (χ1n) is 6.70. The largest absolute Gasteiger partial charge is 0.502 e. The summed E-state index contributed by atoms with van der Waals surface area (Å²) in [7, 11) is 0. The molecule has 16 heavy (non-hydrogen) atoms. The molecule has 0 spiro atoms. The van der Waals surface area contributed by atoms with Crippen molar-refractivity contribution in [1.29, 1.82) is 0 Å². The molecule has 1 N–H and O–H groups in total. The van der Waals surface area contributed by atoms with Crippen LogP contribution in [0.15, 0.2) is 12.8 Å². The maximum absolute atomic E-state index is 5.10. The number of ether oxygens (including phenoxy) is 1. The van der Waals surface area contributed by atoms with Gasteiger partial charge in [0, 0.05) is 6.04 Å². The Morgan fingerprint density at radius 3 is 2.56 bits per heavy atom. The molecule has 1 aliphatic carbocycles.